The molecule has 3 aliphatic rings. The third-order valence-electron chi connectivity index (χ3n) is 10.4. The predicted molar refractivity (Wildman–Crippen MR) is 157 cm³/mol. The van der Waals surface area contributed by atoms with Crippen molar-refractivity contribution >= 4 is 0 Å². The van der Waals surface area contributed by atoms with Crippen molar-refractivity contribution in [1.82, 2.24) is 10.6 Å². The molecular formula is C30H62N6O2. The highest BCUT2D eigenvalue weighted by atomic mass is 16.5. The molecule has 0 amide bonds. The van der Waals surface area contributed by atoms with Crippen LogP contribution in [0.4, 0.5) is 0 Å². The molecule has 1 aliphatic heterocycles. The summed E-state index contributed by atoms with van der Waals surface area (Å²) in [4.78, 5) is 0. The number of nitrogens with two attached hydrogens (primary N) is 4. The van der Waals surface area contributed by atoms with Gasteiger partial charge in [-0.15, -0.1) is 0 Å². The zero-order valence-electron chi connectivity index (χ0n) is 25.4. The Morgan fingerprint density at radius 3 is 2.24 bits per heavy atom. The first-order valence-corrected chi connectivity index (χ1v) is 15.6. The van der Waals surface area contributed by atoms with Gasteiger partial charge in [-0.2, -0.15) is 0 Å². The zero-order valence-corrected chi connectivity index (χ0v) is 25.4. The Balaban J connectivity index is 1.54. The van der Waals surface area contributed by atoms with Crippen molar-refractivity contribution in [3.8, 4) is 0 Å². The molecule has 0 aromatic rings. The van der Waals surface area contributed by atoms with E-state index in [9.17, 15) is 0 Å². The summed E-state index contributed by atoms with van der Waals surface area (Å²) in [5.74, 6) is 2.72. The lowest BCUT2D eigenvalue weighted by Gasteiger charge is -2.47. The van der Waals surface area contributed by atoms with E-state index in [2.05, 4.69) is 52.2 Å². The summed E-state index contributed by atoms with van der Waals surface area (Å²) < 4.78 is 13.5. The molecule has 3 rings (SSSR count). The molecule has 2 aliphatic carbocycles. The molecule has 8 nitrogen and oxygen atoms in total. The van der Waals surface area contributed by atoms with Gasteiger partial charge in [0.2, 0.25) is 0 Å². The number of rotatable bonds is 11. The van der Waals surface area contributed by atoms with E-state index >= 15 is 0 Å². The molecule has 0 radical (unpaired) electrons. The number of nitrogens with one attached hydrogen (secondary N) is 2. The summed E-state index contributed by atoms with van der Waals surface area (Å²) >= 11 is 0. The molecule has 15 unspecified atom stereocenters. The van der Waals surface area contributed by atoms with Crippen LogP contribution in [0.2, 0.25) is 0 Å². The third-order valence-corrected chi connectivity index (χ3v) is 10.4. The maximum absolute atomic E-state index is 6.83. The first-order chi connectivity index (χ1) is 17.9. The molecule has 2 saturated carbocycles. The summed E-state index contributed by atoms with van der Waals surface area (Å²) in [6.07, 6.45) is 7.57. The van der Waals surface area contributed by atoms with Crippen LogP contribution in [0.5, 0.6) is 0 Å². The maximum Gasteiger partial charge on any atom is 0.108 e. The van der Waals surface area contributed by atoms with Crippen molar-refractivity contribution in [3.63, 3.8) is 0 Å². The molecule has 15 atom stereocenters. The van der Waals surface area contributed by atoms with Crippen LogP contribution in [0.25, 0.3) is 0 Å². The minimum Gasteiger partial charge on any atom is -0.373 e. The summed E-state index contributed by atoms with van der Waals surface area (Å²) in [5.41, 5.74) is 25.6. The third kappa shape index (κ3) is 8.35. The van der Waals surface area contributed by atoms with Crippen LogP contribution in [0.1, 0.15) is 86.5 Å². The molecule has 38 heavy (non-hydrogen) atoms. The van der Waals surface area contributed by atoms with Gasteiger partial charge in [0.15, 0.2) is 0 Å². The van der Waals surface area contributed by atoms with Gasteiger partial charge in [-0.1, -0.05) is 34.6 Å². The van der Waals surface area contributed by atoms with Crippen molar-refractivity contribution in [2.75, 3.05) is 13.6 Å². The minimum atomic E-state index is 0.0229. The fourth-order valence-corrected chi connectivity index (χ4v) is 7.66. The largest absolute Gasteiger partial charge is 0.373 e. The molecule has 0 bridgehead atoms. The van der Waals surface area contributed by atoms with Gasteiger partial charge < -0.3 is 37.7 Å². The number of ether oxygens (including phenoxy) is 2. The fourth-order valence-electron chi connectivity index (χ4n) is 7.66. The minimum absolute atomic E-state index is 0.0229. The molecular weight excluding hydrogens is 476 g/mol. The van der Waals surface area contributed by atoms with Gasteiger partial charge in [-0.3, -0.25) is 5.32 Å². The van der Waals surface area contributed by atoms with Gasteiger partial charge >= 0.3 is 0 Å². The molecule has 0 aromatic heterocycles. The SMILES string of the molecule is CNC(CC(C)C1OC(CC2C(N)CC(N)C(C)C2C)C(N)CC1C)OC1CCC(NCC(C)N)C(C)C1. The van der Waals surface area contributed by atoms with E-state index in [1.807, 2.05) is 7.05 Å². The molecule has 1 heterocycles. The van der Waals surface area contributed by atoms with Gasteiger partial charge in [0.25, 0.3) is 0 Å². The van der Waals surface area contributed by atoms with E-state index in [-0.39, 0.29) is 48.7 Å². The monoisotopic (exact) mass is 538 g/mol. The Bertz CT molecular complexity index is 698. The summed E-state index contributed by atoms with van der Waals surface area (Å²) in [6.45, 7) is 14.4. The predicted octanol–water partition coefficient (Wildman–Crippen LogP) is 2.53. The summed E-state index contributed by atoms with van der Waals surface area (Å²) in [5, 5.41) is 7.09. The highest BCUT2D eigenvalue weighted by molar-refractivity contribution is 4.97. The highest BCUT2D eigenvalue weighted by Gasteiger charge is 2.43. The molecule has 10 N–H and O–H groups in total. The van der Waals surface area contributed by atoms with Crippen LogP contribution < -0.4 is 33.6 Å². The van der Waals surface area contributed by atoms with Crippen molar-refractivity contribution in [1.29, 1.82) is 0 Å². The van der Waals surface area contributed by atoms with Crippen molar-refractivity contribution in [2.24, 2.45) is 58.4 Å². The van der Waals surface area contributed by atoms with Crippen LogP contribution in [0.3, 0.4) is 0 Å². The van der Waals surface area contributed by atoms with Crippen molar-refractivity contribution in [2.45, 2.75) is 141 Å². The fraction of sp³-hybridized carbons (Fsp3) is 1.00. The highest BCUT2D eigenvalue weighted by Crippen LogP contribution is 2.40. The first kappa shape index (κ1) is 32.2. The van der Waals surface area contributed by atoms with Crippen LogP contribution in [0.15, 0.2) is 0 Å². The Hall–Kier alpha value is -0.320. The molecule has 1 saturated heterocycles. The van der Waals surface area contributed by atoms with Gasteiger partial charge in [-0.25, -0.2) is 0 Å². The van der Waals surface area contributed by atoms with E-state index < -0.39 is 0 Å². The second kappa shape index (κ2) is 14.5. The van der Waals surface area contributed by atoms with Crippen LogP contribution in [-0.4, -0.2) is 68.3 Å². The van der Waals surface area contributed by atoms with E-state index in [1.54, 1.807) is 0 Å². The van der Waals surface area contributed by atoms with E-state index in [1.165, 1.54) is 0 Å². The van der Waals surface area contributed by atoms with E-state index in [0.717, 1.165) is 51.5 Å². The second-order valence-corrected chi connectivity index (χ2v) is 13.7. The second-order valence-electron chi connectivity index (χ2n) is 13.7. The standard InChI is InChI=1S/C30H62N6O2/c1-16-10-22(8-9-27(16)36-15-19(4)31)37-29(35-7)12-18(3)30-17(2)11-26(34)28(38-30)13-23-20(5)21(6)24(32)14-25(23)33/h16-30,35-36H,8-15,31-34H2,1-7H3. The average Bonchev–Trinajstić information content (AvgIpc) is 2.85. The number of hydrogen-bond donors (Lipinski definition) is 6. The van der Waals surface area contributed by atoms with E-state index in [0.29, 0.717) is 41.5 Å². The molecule has 224 valence electrons. The number of hydrogen-bond acceptors (Lipinski definition) is 8. The normalized spacial score (nSPS) is 44.9. The van der Waals surface area contributed by atoms with Crippen molar-refractivity contribution in [3.05, 3.63) is 0 Å². The van der Waals surface area contributed by atoms with Crippen LogP contribution in [-0.2, 0) is 9.47 Å². The lowest BCUT2D eigenvalue weighted by Crippen LogP contribution is -2.55. The summed E-state index contributed by atoms with van der Waals surface area (Å²) in [7, 11) is 2.01. The topological polar surface area (TPSA) is 147 Å². The zero-order chi connectivity index (χ0) is 28.1. The van der Waals surface area contributed by atoms with Gasteiger partial charge in [0, 0.05) is 36.8 Å². The molecule has 3 fully saturated rings. The molecule has 0 spiro atoms. The Morgan fingerprint density at radius 1 is 0.895 bits per heavy atom. The molecule has 8 heteroatoms. The van der Waals surface area contributed by atoms with Crippen LogP contribution in [0, 0.1) is 35.5 Å². The van der Waals surface area contributed by atoms with Gasteiger partial charge in [0.1, 0.15) is 6.23 Å². The van der Waals surface area contributed by atoms with Crippen LogP contribution >= 0.6 is 0 Å². The van der Waals surface area contributed by atoms with Gasteiger partial charge in [-0.05, 0) is 94.4 Å². The Morgan fingerprint density at radius 2 is 1.61 bits per heavy atom. The first-order valence-electron chi connectivity index (χ1n) is 15.6. The average molecular weight is 539 g/mol. The lowest BCUT2D eigenvalue weighted by atomic mass is 9.66. The molecule has 0 aromatic carbocycles. The smallest absolute Gasteiger partial charge is 0.108 e. The Kier molecular flexibility index (Phi) is 12.3. The maximum atomic E-state index is 6.83. The summed E-state index contributed by atoms with van der Waals surface area (Å²) in [6, 6.07) is 1.09. The van der Waals surface area contributed by atoms with Gasteiger partial charge in [0.05, 0.1) is 18.3 Å². The quantitative estimate of drug-likeness (QED) is 0.220. The van der Waals surface area contributed by atoms with Crippen molar-refractivity contribution < 1.29 is 9.47 Å². The lowest BCUT2D eigenvalue weighted by molar-refractivity contribution is -0.137. The van der Waals surface area contributed by atoms with E-state index in [4.69, 9.17) is 32.4 Å². The Labute approximate surface area is 233 Å².